The molecule has 2 heterocycles. The molecule has 6 nitrogen and oxygen atoms in total. The summed E-state index contributed by atoms with van der Waals surface area (Å²) in [5.41, 5.74) is 0.869. The number of fused-ring (bicyclic) bond motifs is 1. The van der Waals surface area contributed by atoms with Gasteiger partial charge in [0.25, 0.3) is 0 Å². The summed E-state index contributed by atoms with van der Waals surface area (Å²) in [7, 11) is -0.311. The van der Waals surface area contributed by atoms with Gasteiger partial charge in [-0.15, -0.1) is 0 Å². The Morgan fingerprint density at radius 3 is 2.84 bits per heavy atom. The number of anilines is 1. The maximum Gasteiger partial charge on any atom is 0.142 e. The predicted molar refractivity (Wildman–Crippen MR) is 107 cm³/mol. The van der Waals surface area contributed by atoms with Crippen LogP contribution in [0.5, 0.6) is 0 Å². The molecule has 3 rings (SSSR count). The Balaban J connectivity index is 1.60. The van der Waals surface area contributed by atoms with Crippen LogP contribution in [-0.4, -0.2) is 55.8 Å². The quantitative estimate of drug-likeness (QED) is 0.768. The van der Waals surface area contributed by atoms with Crippen LogP contribution in [0.4, 0.5) is 5.82 Å². The average Bonchev–Trinajstić information content (AvgIpc) is 3.08. The highest BCUT2D eigenvalue weighted by Crippen LogP contribution is 2.32. The van der Waals surface area contributed by atoms with Gasteiger partial charge in [-0.2, -0.15) is 11.8 Å². The molecule has 0 aromatic carbocycles. The van der Waals surface area contributed by atoms with E-state index in [9.17, 15) is 4.21 Å². The van der Waals surface area contributed by atoms with Gasteiger partial charge in [-0.05, 0) is 43.9 Å². The minimum atomic E-state index is -2.41. The van der Waals surface area contributed by atoms with Crippen LogP contribution in [0, 0.1) is 10.7 Å². The largest absolute Gasteiger partial charge is 0.356 e. The zero-order valence-corrected chi connectivity index (χ0v) is 16.5. The first-order valence-corrected chi connectivity index (χ1v) is 12.0. The van der Waals surface area contributed by atoms with Crippen molar-refractivity contribution in [3.63, 3.8) is 0 Å². The summed E-state index contributed by atoms with van der Waals surface area (Å²) in [6, 6.07) is 2.46. The second kappa shape index (κ2) is 7.95. The summed E-state index contributed by atoms with van der Waals surface area (Å²) in [6.07, 6.45) is 9.73. The van der Waals surface area contributed by atoms with Crippen LogP contribution >= 0.6 is 11.8 Å². The van der Waals surface area contributed by atoms with E-state index < -0.39 is 9.73 Å². The topological polar surface area (TPSA) is 85.7 Å². The van der Waals surface area contributed by atoms with Crippen molar-refractivity contribution < 1.29 is 4.21 Å². The summed E-state index contributed by atoms with van der Waals surface area (Å²) in [5, 5.41) is 1.05. The van der Waals surface area contributed by atoms with Gasteiger partial charge in [0.2, 0.25) is 0 Å². The second-order valence-electron chi connectivity index (χ2n) is 6.90. The number of rotatable bonds is 7. The molecule has 1 atom stereocenters. The molecule has 0 amide bonds. The molecular formula is C17H27N5OS2. The van der Waals surface area contributed by atoms with Crippen LogP contribution in [0.3, 0.4) is 0 Å². The van der Waals surface area contributed by atoms with E-state index >= 15 is 0 Å². The molecule has 0 saturated heterocycles. The van der Waals surface area contributed by atoms with Crippen LogP contribution in [-0.2, 0) is 9.73 Å². The lowest BCUT2D eigenvalue weighted by Crippen LogP contribution is -2.37. The first kappa shape index (κ1) is 18.5. The van der Waals surface area contributed by atoms with Crippen LogP contribution in [0.25, 0.3) is 11.0 Å². The van der Waals surface area contributed by atoms with Gasteiger partial charge in [0.15, 0.2) is 0 Å². The van der Waals surface area contributed by atoms with Crippen molar-refractivity contribution in [2.45, 2.75) is 31.7 Å². The molecule has 0 spiro atoms. The highest BCUT2D eigenvalue weighted by atomic mass is 32.2. The van der Waals surface area contributed by atoms with E-state index in [0.29, 0.717) is 23.5 Å². The minimum Gasteiger partial charge on any atom is -0.356 e. The van der Waals surface area contributed by atoms with Crippen molar-refractivity contribution in [1.29, 1.82) is 4.78 Å². The Labute approximate surface area is 154 Å². The highest BCUT2D eigenvalue weighted by Gasteiger charge is 2.27. The standard InChI is InChI=1S/C17H27N5OS2/c1-22(17-15-7-8-19-16(15)20-12-21-17)14-5-3-13(4-6-14)11-25(18,23)10-9-24-2/h7-8,12-14,18H,3-6,9-11H2,1-2H3,(H,19,20,21). The van der Waals surface area contributed by atoms with Crippen molar-refractivity contribution in [3.05, 3.63) is 18.6 Å². The number of aromatic nitrogens is 3. The number of nitrogens with zero attached hydrogens (tertiary/aromatic N) is 3. The fourth-order valence-electron chi connectivity index (χ4n) is 3.69. The smallest absolute Gasteiger partial charge is 0.142 e. The number of nitrogens with one attached hydrogen (secondary N) is 2. The van der Waals surface area contributed by atoms with Crippen LogP contribution in [0.2, 0.25) is 0 Å². The number of hydrogen-bond donors (Lipinski definition) is 2. The fourth-order valence-corrected chi connectivity index (χ4v) is 6.70. The van der Waals surface area contributed by atoms with Crippen molar-refractivity contribution >= 4 is 38.3 Å². The number of H-pyrrole nitrogens is 1. The summed E-state index contributed by atoms with van der Waals surface area (Å²) in [5.74, 6) is 3.31. The third kappa shape index (κ3) is 4.47. The monoisotopic (exact) mass is 381 g/mol. The number of aromatic amines is 1. The first-order valence-electron chi connectivity index (χ1n) is 8.74. The Morgan fingerprint density at radius 1 is 1.36 bits per heavy atom. The zero-order chi connectivity index (χ0) is 17.9. The molecule has 25 heavy (non-hydrogen) atoms. The normalized spacial score (nSPS) is 23.4. The van der Waals surface area contributed by atoms with E-state index in [-0.39, 0.29) is 0 Å². The van der Waals surface area contributed by atoms with E-state index in [1.807, 2.05) is 18.5 Å². The molecule has 2 N–H and O–H groups in total. The second-order valence-corrected chi connectivity index (χ2v) is 10.2. The minimum absolute atomic E-state index is 0.425. The Bertz CT molecular complexity index is 796. The Hall–Kier alpha value is -1.28. The summed E-state index contributed by atoms with van der Waals surface area (Å²) < 4.78 is 20.5. The first-order chi connectivity index (χ1) is 12.0. The molecule has 8 heteroatoms. The molecule has 0 bridgehead atoms. The van der Waals surface area contributed by atoms with Crippen LogP contribution < -0.4 is 4.90 Å². The molecule has 1 unspecified atom stereocenters. The van der Waals surface area contributed by atoms with Crippen molar-refractivity contribution in [2.24, 2.45) is 5.92 Å². The van der Waals surface area contributed by atoms with Gasteiger partial charge in [-0.1, -0.05) is 0 Å². The van der Waals surface area contributed by atoms with E-state index in [0.717, 1.165) is 48.3 Å². The molecule has 138 valence electrons. The van der Waals surface area contributed by atoms with E-state index in [1.54, 1.807) is 18.1 Å². The van der Waals surface area contributed by atoms with Gasteiger partial charge in [0.05, 0.1) is 5.39 Å². The van der Waals surface area contributed by atoms with E-state index in [4.69, 9.17) is 4.78 Å². The third-order valence-corrected chi connectivity index (χ3v) is 7.90. The molecule has 2 aromatic heterocycles. The molecule has 1 saturated carbocycles. The Morgan fingerprint density at radius 2 is 2.12 bits per heavy atom. The Kier molecular flexibility index (Phi) is 5.89. The van der Waals surface area contributed by atoms with Crippen molar-refractivity contribution in [3.8, 4) is 0 Å². The van der Waals surface area contributed by atoms with E-state index in [1.165, 1.54) is 0 Å². The summed E-state index contributed by atoms with van der Waals surface area (Å²) in [6.45, 7) is 0. The van der Waals surface area contributed by atoms with Gasteiger partial charge in [-0.25, -0.2) is 14.2 Å². The third-order valence-electron chi connectivity index (χ3n) is 5.15. The molecule has 1 aliphatic carbocycles. The zero-order valence-electron chi connectivity index (χ0n) is 14.9. The van der Waals surface area contributed by atoms with Gasteiger partial charge in [-0.3, -0.25) is 4.78 Å². The van der Waals surface area contributed by atoms with Gasteiger partial charge in [0.1, 0.15) is 17.8 Å². The highest BCUT2D eigenvalue weighted by molar-refractivity contribution is 8.00. The van der Waals surface area contributed by atoms with Gasteiger partial charge < -0.3 is 9.88 Å². The summed E-state index contributed by atoms with van der Waals surface area (Å²) in [4.78, 5) is 14.1. The SMILES string of the molecule is CSCCS(=N)(=O)CC1CCC(N(C)c2ncnc3[nH]ccc23)CC1. The molecule has 0 radical (unpaired) electrons. The van der Waals surface area contributed by atoms with E-state index in [2.05, 4.69) is 26.9 Å². The lowest BCUT2D eigenvalue weighted by molar-refractivity contribution is 0.342. The van der Waals surface area contributed by atoms with Crippen LogP contribution in [0.1, 0.15) is 25.7 Å². The average molecular weight is 382 g/mol. The molecule has 0 aliphatic heterocycles. The molecule has 1 fully saturated rings. The molecule has 1 aliphatic rings. The molecule has 2 aromatic rings. The van der Waals surface area contributed by atoms with Crippen LogP contribution in [0.15, 0.2) is 18.6 Å². The fraction of sp³-hybridized carbons (Fsp3) is 0.647. The lowest BCUT2D eigenvalue weighted by Gasteiger charge is -2.35. The van der Waals surface area contributed by atoms with Gasteiger partial charge >= 0.3 is 0 Å². The molecular weight excluding hydrogens is 354 g/mol. The maximum atomic E-state index is 12.4. The summed E-state index contributed by atoms with van der Waals surface area (Å²) >= 11 is 1.67. The lowest BCUT2D eigenvalue weighted by atomic mass is 9.86. The van der Waals surface area contributed by atoms with Crippen molar-refractivity contribution in [2.75, 3.05) is 35.5 Å². The maximum absolute atomic E-state index is 12.4. The number of thioether (sulfide) groups is 1. The van der Waals surface area contributed by atoms with Gasteiger partial charge in [0, 0.05) is 46.3 Å². The van der Waals surface area contributed by atoms with Crippen molar-refractivity contribution in [1.82, 2.24) is 15.0 Å². The predicted octanol–water partition coefficient (Wildman–Crippen LogP) is 3.36. The number of hydrogen-bond acceptors (Lipinski definition) is 6.